The number of hydrogen-bond acceptors (Lipinski definition) is 8. The van der Waals surface area contributed by atoms with E-state index in [1.54, 1.807) is 18.2 Å². The van der Waals surface area contributed by atoms with Crippen LogP contribution in [0.4, 0.5) is 0 Å². The zero-order valence-electron chi connectivity index (χ0n) is 17.9. The zero-order valence-corrected chi connectivity index (χ0v) is 18.7. The van der Waals surface area contributed by atoms with Crippen molar-refractivity contribution >= 4 is 29.6 Å². The minimum absolute atomic E-state index is 0.118. The lowest BCUT2D eigenvalue weighted by Gasteiger charge is -2.21. The average Bonchev–Trinajstić information content (AvgIpc) is 3.25. The first kappa shape index (κ1) is 23.5. The van der Waals surface area contributed by atoms with Crippen molar-refractivity contribution in [1.82, 2.24) is 5.32 Å². The Hall–Kier alpha value is -3.20. The third-order valence-corrected chi connectivity index (χ3v) is 5.76. The molecule has 0 radical (unpaired) electrons. The maximum absolute atomic E-state index is 12.9. The molecule has 2 aromatic carbocycles. The average molecular weight is 460 g/mol. The van der Waals surface area contributed by atoms with Gasteiger partial charge in [-0.1, -0.05) is 36.4 Å². The number of thioether (sulfide) groups is 1. The number of carbonyl (C=O) groups excluding carboxylic acids is 3. The summed E-state index contributed by atoms with van der Waals surface area (Å²) in [4.78, 5) is 36.8. The van der Waals surface area contributed by atoms with Crippen molar-refractivity contribution in [3.8, 4) is 11.5 Å². The smallest absolute Gasteiger partial charge is 0.329 e. The molecule has 0 fully saturated rings. The van der Waals surface area contributed by atoms with Crippen LogP contribution in [-0.4, -0.2) is 49.6 Å². The van der Waals surface area contributed by atoms with Crippen LogP contribution in [0.5, 0.6) is 11.5 Å². The summed E-state index contributed by atoms with van der Waals surface area (Å²) in [6.07, 6.45) is -0.994. The molecule has 1 aliphatic heterocycles. The molecule has 0 aliphatic carbocycles. The molecule has 0 saturated carbocycles. The molecule has 0 aromatic heterocycles. The lowest BCUT2D eigenvalue weighted by molar-refractivity contribution is -0.155. The van der Waals surface area contributed by atoms with Gasteiger partial charge in [-0.25, -0.2) is 4.79 Å². The highest BCUT2D eigenvalue weighted by atomic mass is 32.2. The van der Waals surface area contributed by atoms with E-state index in [9.17, 15) is 14.4 Å². The first-order valence-electron chi connectivity index (χ1n) is 10.0. The van der Waals surface area contributed by atoms with Gasteiger partial charge in [-0.05, 0) is 23.3 Å². The number of ether oxygens (including phenoxy) is 4. The quantitative estimate of drug-likeness (QED) is 0.541. The van der Waals surface area contributed by atoms with Crippen LogP contribution in [0.2, 0.25) is 0 Å². The molecular formula is C23H25NO7S. The van der Waals surface area contributed by atoms with E-state index in [1.807, 2.05) is 30.3 Å². The fraction of sp³-hybridized carbons (Fsp3) is 0.348. The van der Waals surface area contributed by atoms with E-state index in [1.165, 1.54) is 25.8 Å². The normalized spacial score (nSPS) is 13.7. The number of hydrogen-bond donors (Lipinski definition) is 1. The molecule has 1 aliphatic rings. The first-order valence-corrected chi connectivity index (χ1v) is 11.2. The zero-order chi connectivity index (χ0) is 22.9. The minimum atomic E-state index is -1.11. The van der Waals surface area contributed by atoms with E-state index in [4.69, 9.17) is 18.9 Å². The predicted molar refractivity (Wildman–Crippen MR) is 118 cm³/mol. The molecule has 0 spiro atoms. The first-order chi connectivity index (χ1) is 15.5. The van der Waals surface area contributed by atoms with Crippen molar-refractivity contribution in [3.63, 3.8) is 0 Å². The van der Waals surface area contributed by atoms with Crippen molar-refractivity contribution in [1.29, 1.82) is 0 Å². The van der Waals surface area contributed by atoms with E-state index in [0.717, 1.165) is 11.1 Å². The number of rotatable bonds is 10. The second kappa shape index (κ2) is 11.4. The molecule has 2 atom stereocenters. The highest BCUT2D eigenvalue weighted by Gasteiger charge is 2.29. The second-order valence-corrected chi connectivity index (χ2v) is 8.11. The molecule has 1 unspecified atom stereocenters. The highest BCUT2D eigenvalue weighted by molar-refractivity contribution is 7.98. The van der Waals surface area contributed by atoms with Crippen molar-refractivity contribution in [2.75, 3.05) is 19.7 Å². The second-order valence-electron chi connectivity index (χ2n) is 7.07. The van der Waals surface area contributed by atoms with Gasteiger partial charge in [0.15, 0.2) is 17.6 Å². The number of methoxy groups -OCH3 is 1. The summed E-state index contributed by atoms with van der Waals surface area (Å²) < 4.78 is 20.7. The van der Waals surface area contributed by atoms with Gasteiger partial charge in [0.05, 0.1) is 7.11 Å². The van der Waals surface area contributed by atoms with Crippen LogP contribution >= 0.6 is 11.8 Å². The van der Waals surface area contributed by atoms with Crippen LogP contribution < -0.4 is 14.8 Å². The van der Waals surface area contributed by atoms with E-state index < -0.39 is 30.0 Å². The number of benzene rings is 2. The summed E-state index contributed by atoms with van der Waals surface area (Å²) in [5, 5.41) is 2.66. The van der Waals surface area contributed by atoms with Crippen molar-refractivity contribution in [3.05, 3.63) is 59.7 Å². The lowest BCUT2D eigenvalue weighted by Crippen LogP contribution is -2.49. The van der Waals surface area contributed by atoms with Gasteiger partial charge in [-0.3, -0.25) is 9.59 Å². The molecule has 32 heavy (non-hydrogen) atoms. The Morgan fingerprint density at radius 1 is 1.06 bits per heavy atom. The van der Waals surface area contributed by atoms with E-state index >= 15 is 0 Å². The molecule has 3 rings (SSSR count). The highest BCUT2D eigenvalue weighted by Crippen LogP contribution is 2.33. The van der Waals surface area contributed by atoms with E-state index in [0.29, 0.717) is 23.0 Å². The third-order valence-electron chi connectivity index (χ3n) is 4.66. The Bertz CT molecular complexity index is 951. The maximum atomic E-state index is 12.9. The molecule has 1 amide bonds. The van der Waals surface area contributed by atoms with Gasteiger partial charge >= 0.3 is 11.9 Å². The molecule has 1 heterocycles. The van der Waals surface area contributed by atoms with Gasteiger partial charge < -0.3 is 24.3 Å². The Morgan fingerprint density at radius 3 is 2.53 bits per heavy atom. The minimum Gasteiger partial charge on any atom is -0.467 e. The van der Waals surface area contributed by atoms with Crippen molar-refractivity contribution in [2.24, 2.45) is 0 Å². The SMILES string of the molecule is COC(=O)[C@H](CSCc1ccccc1)NC(=O)C(Cc1ccc2c(c1)OCO2)OC(C)=O. The monoisotopic (exact) mass is 459 g/mol. The largest absolute Gasteiger partial charge is 0.467 e. The molecule has 2 aromatic rings. The number of esters is 2. The van der Waals surface area contributed by atoms with Gasteiger partial charge in [-0.15, -0.1) is 0 Å². The van der Waals surface area contributed by atoms with Gasteiger partial charge in [0, 0.05) is 24.9 Å². The Morgan fingerprint density at radius 2 is 1.81 bits per heavy atom. The van der Waals surface area contributed by atoms with Gasteiger partial charge in [0.25, 0.3) is 5.91 Å². The molecule has 1 N–H and O–H groups in total. The van der Waals surface area contributed by atoms with Crippen LogP contribution in [0.25, 0.3) is 0 Å². The van der Waals surface area contributed by atoms with Crippen LogP contribution in [0.3, 0.4) is 0 Å². The Labute approximate surface area is 190 Å². The van der Waals surface area contributed by atoms with Crippen LogP contribution in [-0.2, 0) is 36.0 Å². The van der Waals surface area contributed by atoms with E-state index in [2.05, 4.69) is 5.32 Å². The summed E-state index contributed by atoms with van der Waals surface area (Å²) in [7, 11) is 1.26. The fourth-order valence-corrected chi connectivity index (χ4v) is 4.12. The van der Waals surface area contributed by atoms with Crippen LogP contribution in [0, 0.1) is 0 Å². The summed E-state index contributed by atoms with van der Waals surface area (Å²) in [5.74, 6) is 0.424. The molecule has 0 saturated heterocycles. The Balaban J connectivity index is 1.64. The van der Waals surface area contributed by atoms with Crippen LogP contribution in [0.15, 0.2) is 48.5 Å². The topological polar surface area (TPSA) is 100 Å². The van der Waals surface area contributed by atoms with Gasteiger partial charge in [-0.2, -0.15) is 11.8 Å². The summed E-state index contributed by atoms with van der Waals surface area (Å²) in [6.45, 7) is 1.36. The molecule has 170 valence electrons. The number of amides is 1. The van der Waals surface area contributed by atoms with E-state index in [-0.39, 0.29) is 13.2 Å². The predicted octanol–water partition coefficient (Wildman–Crippen LogP) is 2.48. The fourth-order valence-electron chi connectivity index (χ4n) is 3.11. The van der Waals surface area contributed by atoms with Crippen molar-refractivity contribution < 1.29 is 33.3 Å². The molecule has 0 bridgehead atoms. The number of carbonyl (C=O) groups is 3. The third kappa shape index (κ3) is 6.65. The standard InChI is InChI=1S/C23H25NO7S/c1-15(25)31-21(11-17-8-9-19-20(10-17)30-14-29-19)22(26)24-18(23(27)28-2)13-32-12-16-6-4-3-5-7-16/h3-10,18,21H,11-14H2,1-2H3,(H,24,26)/t18-,21?/m0/s1. The maximum Gasteiger partial charge on any atom is 0.329 e. The lowest BCUT2D eigenvalue weighted by atomic mass is 10.1. The Kier molecular flexibility index (Phi) is 8.38. The van der Waals surface area contributed by atoms with Gasteiger partial charge in [0.2, 0.25) is 6.79 Å². The van der Waals surface area contributed by atoms with Crippen molar-refractivity contribution in [2.45, 2.75) is 31.2 Å². The summed E-state index contributed by atoms with van der Waals surface area (Å²) in [6, 6.07) is 14.1. The summed E-state index contributed by atoms with van der Waals surface area (Å²) in [5.41, 5.74) is 1.83. The molecule has 8 nitrogen and oxygen atoms in total. The van der Waals surface area contributed by atoms with Crippen LogP contribution in [0.1, 0.15) is 18.1 Å². The number of fused-ring (bicyclic) bond motifs is 1. The van der Waals surface area contributed by atoms with Gasteiger partial charge in [0.1, 0.15) is 6.04 Å². The molecule has 9 heteroatoms. The number of nitrogens with one attached hydrogen (secondary N) is 1. The summed E-state index contributed by atoms with van der Waals surface area (Å²) >= 11 is 1.49. The molecular weight excluding hydrogens is 434 g/mol.